The second kappa shape index (κ2) is 8.23. The Balaban J connectivity index is 1.90. The Morgan fingerprint density at radius 3 is 2.47 bits per heavy atom. The van der Waals surface area contributed by atoms with Gasteiger partial charge in [-0.15, -0.1) is 10.2 Å². The lowest BCUT2D eigenvalue weighted by atomic mass is 10.1. The van der Waals surface area contributed by atoms with E-state index in [9.17, 15) is 18.3 Å². The summed E-state index contributed by atoms with van der Waals surface area (Å²) in [4.78, 5) is 2.89. The summed E-state index contributed by atoms with van der Waals surface area (Å²) in [6.45, 7) is 8.32. The maximum absolute atomic E-state index is 13.2. The number of nitrogens with one attached hydrogen (secondary N) is 1. The van der Waals surface area contributed by atoms with Crippen molar-refractivity contribution < 1.29 is 22.7 Å². The molecule has 0 aliphatic heterocycles. The van der Waals surface area contributed by atoms with Crippen LogP contribution in [0.25, 0.3) is 16.3 Å². The van der Waals surface area contributed by atoms with Gasteiger partial charge in [-0.1, -0.05) is 6.07 Å². The highest BCUT2D eigenvalue weighted by Gasteiger charge is 2.34. The molecule has 0 saturated carbocycles. The number of nitrogens with zero attached hydrogens (tertiary/aromatic N) is 4. The summed E-state index contributed by atoms with van der Waals surface area (Å²) in [5, 5.41) is 29.5. The van der Waals surface area contributed by atoms with Gasteiger partial charge in [-0.3, -0.25) is 0 Å². The van der Waals surface area contributed by atoms with Crippen LogP contribution in [0.2, 0.25) is 0 Å². The van der Waals surface area contributed by atoms with E-state index in [0.717, 1.165) is 12.1 Å². The second-order valence-electron chi connectivity index (χ2n) is 6.34. The number of benzene rings is 2. The van der Waals surface area contributed by atoms with Crippen LogP contribution in [0.1, 0.15) is 30.0 Å². The minimum absolute atomic E-state index is 0.0266. The predicted octanol–water partition coefficient (Wildman–Crippen LogP) is 4.71. The highest BCUT2D eigenvalue weighted by molar-refractivity contribution is 5.62. The van der Waals surface area contributed by atoms with Crippen molar-refractivity contribution in [2.75, 3.05) is 5.32 Å². The zero-order valence-electron chi connectivity index (χ0n) is 15.5. The maximum atomic E-state index is 13.2. The number of aromatic nitrogens is 2. The lowest BCUT2D eigenvalue weighted by Gasteiger charge is -2.20. The van der Waals surface area contributed by atoms with Crippen molar-refractivity contribution >= 4 is 11.4 Å². The molecule has 1 heterocycles. The fourth-order valence-corrected chi connectivity index (χ4v) is 2.68. The number of aliphatic hydroxyl groups is 1. The molecule has 3 aromatic rings. The first-order valence-electron chi connectivity index (χ1n) is 8.60. The first-order valence-corrected chi connectivity index (χ1v) is 8.60. The van der Waals surface area contributed by atoms with Crippen molar-refractivity contribution in [1.82, 2.24) is 10.2 Å². The normalized spacial score (nSPS) is 13.2. The highest BCUT2D eigenvalue weighted by atomic mass is 19.4. The summed E-state index contributed by atoms with van der Waals surface area (Å²) in [7, 11) is 0. The van der Waals surface area contributed by atoms with Gasteiger partial charge in [-0.05, 0) is 43.3 Å². The van der Waals surface area contributed by atoms with Crippen LogP contribution in [0.5, 0.6) is 0 Å². The zero-order chi connectivity index (χ0) is 21.9. The van der Waals surface area contributed by atoms with E-state index in [4.69, 9.17) is 16.3 Å². The lowest BCUT2D eigenvalue weighted by molar-refractivity contribution is -0.136. The van der Waals surface area contributed by atoms with Gasteiger partial charge in [0, 0.05) is 11.3 Å². The Kier molecular flexibility index (Phi) is 5.72. The molecule has 0 aliphatic rings. The summed E-state index contributed by atoms with van der Waals surface area (Å²) in [5.74, 6) is 0.0912. The van der Waals surface area contributed by atoms with Crippen molar-refractivity contribution in [2.45, 2.75) is 25.2 Å². The van der Waals surface area contributed by atoms with Crippen molar-refractivity contribution in [3.05, 3.63) is 70.9 Å². The fourth-order valence-electron chi connectivity index (χ4n) is 2.68. The molecule has 0 aliphatic carbocycles. The molecule has 2 N–H and O–H groups in total. The number of hydrogen-bond donors (Lipinski definition) is 2. The van der Waals surface area contributed by atoms with E-state index in [-0.39, 0.29) is 17.5 Å². The smallest absolute Gasteiger partial charge is 0.407 e. The molecule has 2 atom stereocenters. The zero-order valence-corrected chi connectivity index (χ0v) is 15.5. The van der Waals surface area contributed by atoms with E-state index < -0.39 is 29.6 Å². The van der Waals surface area contributed by atoms with Gasteiger partial charge in [0.25, 0.3) is 0 Å². The Bertz CT molecular complexity index is 1130. The van der Waals surface area contributed by atoms with E-state index in [2.05, 4.69) is 20.4 Å². The molecule has 0 unspecified atom stereocenters. The number of halogens is 3. The van der Waals surface area contributed by atoms with Crippen LogP contribution in [0, 0.1) is 17.9 Å². The second-order valence-corrected chi connectivity index (χ2v) is 6.34. The Morgan fingerprint density at radius 1 is 1.20 bits per heavy atom. The van der Waals surface area contributed by atoms with E-state index in [1.807, 2.05) is 6.07 Å². The van der Waals surface area contributed by atoms with Gasteiger partial charge in [0.2, 0.25) is 11.8 Å². The summed E-state index contributed by atoms with van der Waals surface area (Å²) >= 11 is 0. The molecule has 2 aromatic carbocycles. The van der Waals surface area contributed by atoms with Crippen LogP contribution in [-0.4, -0.2) is 21.4 Å². The Labute approximate surface area is 169 Å². The van der Waals surface area contributed by atoms with Crippen LogP contribution >= 0.6 is 0 Å². The predicted molar refractivity (Wildman–Crippen MR) is 100 cm³/mol. The van der Waals surface area contributed by atoms with E-state index in [1.54, 1.807) is 24.3 Å². The topological polar surface area (TPSA) is 99.3 Å². The van der Waals surface area contributed by atoms with Gasteiger partial charge in [-0.2, -0.15) is 18.4 Å². The third kappa shape index (κ3) is 4.40. The number of rotatable bonds is 5. The number of anilines is 1. The van der Waals surface area contributed by atoms with Gasteiger partial charge >= 0.3 is 6.18 Å². The molecular weight excluding hydrogens is 399 g/mol. The molecule has 0 fully saturated rings. The van der Waals surface area contributed by atoms with Crippen LogP contribution in [-0.2, 0) is 6.18 Å². The molecule has 0 radical (unpaired) electrons. The molecule has 152 valence electrons. The Morgan fingerprint density at radius 2 is 1.90 bits per heavy atom. The quantitative estimate of drug-likeness (QED) is 0.588. The van der Waals surface area contributed by atoms with Crippen molar-refractivity contribution in [1.29, 1.82) is 5.26 Å². The number of hydrogen-bond acceptors (Lipinski definition) is 6. The largest absolute Gasteiger partial charge is 0.418 e. The first kappa shape index (κ1) is 20.8. The van der Waals surface area contributed by atoms with Gasteiger partial charge in [0.1, 0.15) is 6.04 Å². The molecule has 30 heavy (non-hydrogen) atoms. The summed E-state index contributed by atoms with van der Waals surface area (Å²) in [6, 6.07) is 10.5. The van der Waals surface area contributed by atoms with Crippen molar-refractivity contribution in [3.8, 4) is 17.5 Å². The van der Waals surface area contributed by atoms with Gasteiger partial charge < -0.3 is 14.8 Å². The molecule has 0 amide bonds. The maximum Gasteiger partial charge on any atom is 0.407 e. The number of nitriles is 1. The first-order chi connectivity index (χ1) is 14.2. The highest BCUT2D eigenvalue weighted by Crippen LogP contribution is 2.38. The van der Waals surface area contributed by atoms with Crippen LogP contribution in [0.15, 0.2) is 46.9 Å². The summed E-state index contributed by atoms with van der Waals surface area (Å²) < 4.78 is 45.2. The van der Waals surface area contributed by atoms with Crippen LogP contribution < -0.4 is 5.32 Å². The molecule has 3 rings (SSSR count). The van der Waals surface area contributed by atoms with Gasteiger partial charge in [0.05, 0.1) is 29.9 Å². The molecule has 10 heteroatoms. The molecule has 0 saturated heterocycles. The molecular formula is C20H14F3N5O2. The molecule has 0 spiro atoms. The minimum Gasteiger partial charge on any atom is -0.418 e. The van der Waals surface area contributed by atoms with E-state index in [0.29, 0.717) is 11.1 Å². The minimum atomic E-state index is -4.70. The van der Waals surface area contributed by atoms with E-state index in [1.165, 1.54) is 13.0 Å². The van der Waals surface area contributed by atoms with Crippen LogP contribution in [0.3, 0.4) is 0 Å². The SMILES string of the molecule is [C-]#[N+]c1ccc(N[C@@H](c2nnc(-c3ccc(C#N)cc3)o2)[C@@H](C)O)cc1C(F)(F)F. The molecule has 0 bridgehead atoms. The molecule has 1 aromatic heterocycles. The van der Waals surface area contributed by atoms with Crippen LogP contribution in [0.4, 0.5) is 24.5 Å². The average Bonchev–Trinajstić information content (AvgIpc) is 3.20. The fraction of sp³-hybridized carbons (Fsp3) is 0.200. The number of aliphatic hydroxyl groups excluding tert-OH is 1. The lowest BCUT2D eigenvalue weighted by Crippen LogP contribution is -2.23. The van der Waals surface area contributed by atoms with Crippen molar-refractivity contribution in [3.63, 3.8) is 0 Å². The number of alkyl halides is 3. The van der Waals surface area contributed by atoms with Crippen molar-refractivity contribution in [2.24, 2.45) is 0 Å². The molecule has 7 nitrogen and oxygen atoms in total. The van der Waals surface area contributed by atoms with Gasteiger partial charge in [-0.25, -0.2) is 4.85 Å². The van der Waals surface area contributed by atoms with E-state index >= 15 is 0 Å². The summed E-state index contributed by atoms with van der Waals surface area (Å²) in [6.07, 6.45) is -5.79. The summed E-state index contributed by atoms with van der Waals surface area (Å²) in [5.41, 5.74) is -0.597. The monoisotopic (exact) mass is 413 g/mol. The third-order valence-corrected chi connectivity index (χ3v) is 4.19. The van der Waals surface area contributed by atoms with Gasteiger partial charge in [0.15, 0.2) is 5.69 Å². The Hall–Kier alpha value is -3.89. The third-order valence-electron chi connectivity index (χ3n) is 4.19. The standard InChI is InChI=1S/C20H14F3N5O2/c1-11(29)17(26-14-7-8-16(25-2)15(9-14)20(21,22)23)19-28-27-18(30-19)13-5-3-12(10-24)4-6-13/h3-9,11,17,26,29H,1H3/t11-,17-/m1/s1. The average molecular weight is 413 g/mol.